The van der Waals surface area contributed by atoms with Gasteiger partial charge in [0, 0.05) is 9.99 Å². The largest absolute Gasteiger partial charge is 0.462 e. The van der Waals surface area contributed by atoms with Crippen molar-refractivity contribution in [3.63, 3.8) is 0 Å². The molecule has 1 aromatic rings. The lowest BCUT2D eigenvalue weighted by Gasteiger charge is -2.09. The number of esters is 1. The van der Waals surface area contributed by atoms with Crippen LogP contribution in [0.4, 0.5) is 0 Å². The van der Waals surface area contributed by atoms with Crippen LogP contribution in [-0.2, 0) is 16.0 Å². The Balaban J connectivity index is 3.12. The Morgan fingerprint density at radius 2 is 2.06 bits per heavy atom. The molecule has 0 aliphatic rings. The van der Waals surface area contributed by atoms with E-state index in [0.29, 0.717) is 12.2 Å². The van der Waals surface area contributed by atoms with Crippen molar-refractivity contribution in [3.05, 3.63) is 32.9 Å². The summed E-state index contributed by atoms with van der Waals surface area (Å²) in [4.78, 5) is 22.8. The first-order valence-electron chi connectivity index (χ1n) is 5.00. The predicted molar refractivity (Wildman–Crippen MR) is 69.5 cm³/mol. The Labute approximate surface area is 108 Å². The molecule has 1 aromatic carbocycles. The second-order valence-electron chi connectivity index (χ2n) is 3.37. The van der Waals surface area contributed by atoms with E-state index in [1.54, 1.807) is 13.0 Å². The molecule has 0 unspecified atom stereocenters. The molecule has 0 saturated heterocycles. The second kappa shape index (κ2) is 5.98. The molecular formula is C12H13IO3. The molecule has 0 N–H and O–H groups in total. The number of hydrogen-bond donors (Lipinski definition) is 0. The van der Waals surface area contributed by atoms with E-state index in [0.717, 1.165) is 9.13 Å². The lowest BCUT2D eigenvalue weighted by atomic mass is 10.0. The van der Waals surface area contributed by atoms with Gasteiger partial charge in [-0.1, -0.05) is 12.1 Å². The fraction of sp³-hybridized carbons (Fsp3) is 0.333. The van der Waals surface area contributed by atoms with E-state index in [9.17, 15) is 9.59 Å². The minimum atomic E-state index is -0.358. The Kier molecular flexibility index (Phi) is 4.92. The highest BCUT2D eigenvalue weighted by molar-refractivity contribution is 14.1. The summed E-state index contributed by atoms with van der Waals surface area (Å²) in [6.07, 6.45) is 0.269. The monoisotopic (exact) mass is 332 g/mol. The van der Waals surface area contributed by atoms with Gasteiger partial charge in [-0.05, 0) is 48.1 Å². The Morgan fingerprint density at radius 1 is 1.38 bits per heavy atom. The van der Waals surface area contributed by atoms with Gasteiger partial charge >= 0.3 is 5.97 Å². The molecule has 1 rings (SSSR count). The summed E-state index contributed by atoms with van der Waals surface area (Å²) in [6.45, 7) is 3.61. The molecule has 3 nitrogen and oxygen atoms in total. The van der Waals surface area contributed by atoms with Gasteiger partial charge in [0.05, 0.1) is 12.2 Å². The van der Waals surface area contributed by atoms with Gasteiger partial charge in [0.1, 0.15) is 5.78 Å². The molecule has 0 amide bonds. The number of halogens is 1. The van der Waals surface area contributed by atoms with Crippen molar-refractivity contribution in [2.24, 2.45) is 0 Å². The van der Waals surface area contributed by atoms with Crippen molar-refractivity contribution in [3.8, 4) is 0 Å². The number of ether oxygens (including phenoxy) is 1. The van der Waals surface area contributed by atoms with Gasteiger partial charge in [0.2, 0.25) is 0 Å². The SMILES string of the molecule is CCOC(=O)c1c(I)cccc1CC(C)=O. The lowest BCUT2D eigenvalue weighted by molar-refractivity contribution is -0.116. The van der Waals surface area contributed by atoms with Gasteiger partial charge < -0.3 is 4.74 Å². The summed E-state index contributed by atoms with van der Waals surface area (Å²) in [5.74, 6) is -0.323. The summed E-state index contributed by atoms with van der Waals surface area (Å²) in [6, 6.07) is 5.45. The normalized spacial score (nSPS) is 9.94. The molecule has 0 heterocycles. The summed E-state index contributed by atoms with van der Waals surface area (Å²) >= 11 is 2.08. The summed E-state index contributed by atoms with van der Waals surface area (Å²) in [5, 5.41) is 0. The standard InChI is InChI=1S/C12H13IO3/c1-3-16-12(15)11-9(7-8(2)14)5-4-6-10(11)13/h4-6H,3,7H2,1-2H3. The molecule has 0 aliphatic heterocycles. The third-order valence-corrected chi connectivity index (χ3v) is 2.92. The van der Waals surface area contributed by atoms with E-state index >= 15 is 0 Å². The van der Waals surface area contributed by atoms with Crippen molar-refractivity contribution in [1.82, 2.24) is 0 Å². The van der Waals surface area contributed by atoms with Gasteiger partial charge in [0.25, 0.3) is 0 Å². The Bertz CT molecular complexity index is 413. The van der Waals surface area contributed by atoms with Crippen LogP contribution >= 0.6 is 22.6 Å². The van der Waals surface area contributed by atoms with Crippen LogP contribution in [0.5, 0.6) is 0 Å². The van der Waals surface area contributed by atoms with Crippen molar-refractivity contribution < 1.29 is 14.3 Å². The van der Waals surface area contributed by atoms with Crippen molar-refractivity contribution in [2.45, 2.75) is 20.3 Å². The molecule has 0 aromatic heterocycles. The average Bonchev–Trinajstić information content (AvgIpc) is 2.16. The van der Waals surface area contributed by atoms with E-state index in [1.165, 1.54) is 6.92 Å². The molecule has 4 heteroatoms. The first-order chi connectivity index (χ1) is 7.56. The van der Waals surface area contributed by atoms with Gasteiger partial charge in [-0.25, -0.2) is 4.79 Å². The van der Waals surface area contributed by atoms with Crippen LogP contribution in [0.1, 0.15) is 29.8 Å². The van der Waals surface area contributed by atoms with Crippen LogP contribution < -0.4 is 0 Å². The van der Waals surface area contributed by atoms with Crippen LogP contribution in [0.2, 0.25) is 0 Å². The fourth-order valence-electron chi connectivity index (χ4n) is 1.42. The molecule has 86 valence electrons. The number of hydrogen-bond acceptors (Lipinski definition) is 3. The van der Waals surface area contributed by atoms with E-state index in [2.05, 4.69) is 22.6 Å². The molecule has 0 atom stereocenters. The van der Waals surface area contributed by atoms with Crippen LogP contribution in [-0.4, -0.2) is 18.4 Å². The molecular weight excluding hydrogens is 319 g/mol. The van der Waals surface area contributed by atoms with E-state index in [1.807, 2.05) is 12.1 Å². The Morgan fingerprint density at radius 3 is 2.62 bits per heavy atom. The van der Waals surface area contributed by atoms with Crippen LogP contribution in [0.25, 0.3) is 0 Å². The zero-order valence-electron chi connectivity index (χ0n) is 9.25. The van der Waals surface area contributed by atoms with Gasteiger partial charge in [-0.3, -0.25) is 4.79 Å². The zero-order chi connectivity index (χ0) is 12.1. The first-order valence-corrected chi connectivity index (χ1v) is 6.08. The number of carbonyl (C=O) groups is 2. The molecule has 16 heavy (non-hydrogen) atoms. The number of rotatable bonds is 4. The van der Waals surface area contributed by atoms with Gasteiger partial charge in [-0.15, -0.1) is 0 Å². The van der Waals surface area contributed by atoms with E-state index in [-0.39, 0.29) is 18.2 Å². The number of Topliss-reactive ketones (excluding diaryl/α,β-unsaturated/α-hetero) is 1. The first kappa shape index (κ1) is 13.2. The summed E-state index contributed by atoms with van der Waals surface area (Å²) < 4.78 is 5.79. The van der Waals surface area contributed by atoms with Gasteiger partial charge in [-0.2, -0.15) is 0 Å². The third-order valence-electron chi connectivity index (χ3n) is 2.02. The minimum Gasteiger partial charge on any atom is -0.462 e. The lowest BCUT2D eigenvalue weighted by Crippen LogP contribution is -2.12. The second-order valence-corrected chi connectivity index (χ2v) is 4.54. The van der Waals surface area contributed by atoms with E-state index < -0.39 is 0 Å². The maximum absolute atomic E-state index is 11.7. The van der Waals surface area contributed by atoms with Crippen LogP contribution in [0, 0.1) is 3.57 Å². The molecule has 0 spiro atoms. The number of ketones is 1. The topological polar surface area (TPSA) is 43.4 Å². The highest BCUT2D eigenvalue weighted by atomic mass is 127. The Hall–Kier alpha value is -0.910. The zero-order valence-corrected chi connectivity index (χ0v) is 11.4. The summed E-state index contributed by atoms with van der Waals surface area (Å²) in [7, 11) is 0. The average molecular weight is 332 g/mol. The van der Waals surface area contributed by atoms with E-state index in [4.69, 9.17) is 4.74 Å². The van der Waals surface area contributed by atoms with Crippen LogP contribution in [0.3, 0.4) is 0 Å². The smallest absolute Gasteiger partial charge is 0.339 e. The van der Waals surface area contributed by atoms with Crippen molar-refractivity contribution in [1.29, 1.82) is 0 Å². The molecule has 0 saturated carbocycles. The highest BCUT2D eigenvalue weighted by Crippen LogP contribution is 2.19. The molecule has 0 aliphatic carbocycles. The number of carbonyl (C=O) groups excluding carboxylic acids is 2. The summed E-state index contributed by atoms with van der Waals surface area (Å²) in [5.41, 5.74) is 1.25. The highest BCUT2D eigenvalue weighted by Gasteiger charge is 2.16. The predicted octanol–water partition coefficient (Wildman–Crippen LogP) is 2.60. The quantitative estimate of drug-likeness (QED) is 0.629. The number of benzene rings is 1. The molecule has 0 bridgehead atoms. The van der Waals surface area contributed by atoms with Crippen LogP contribution in [0.15, 0.2) is 18.2 Å². The molecule has 0 fully saturated rings. The van der Waals surface area contributed by atoms with Gasteiger partial charge in [0.15, 0.2) is 0 Å². The maximum atomic E-state index is 11.7. The van der Waals surface area contributed by atoms with Crippen molar-refractivity contribution in [2.75, 3.05) is 6.61 Å². The maximum Gasteiger partial charge on any atom is 0.339 e. The van der Waals surface area contributed by atoms with Crippen molar-refractivity contribution >= 4 is 34.3 Å². The third kappa shape index (κ3) is 3.30. The minimum absolute atomic E-state index is 0.0348. The molecule has 0 radical (unpaired) electrons. The fourth-order valence-corrected chi connectivity index (χ4v) is 2.19.